The van der Waals surface area contributed by atoms with Crippen molar-refractivity contribution in [3.63, 3.8) is 0 Å². The van der Waals surface area contributed by atoms with Crippen LogP contribution in [0, 0.1) is 5.92 Å². The van der Waals surface area contributed by atoms with E-state index in [4.69, 9.17) is 4.74 Å². The zero-order chi connectivity index (χ0) is 19.2. The molecule has 3 rings (SSSR count). The first-order valence-electron chi connectivity index (χ1n) is 10.2. The lowest BCUT2D eigenvalue weighted by molar-refractivity contribution is -0.133. The Bertz CT molecular complexity index is 631. The highest BCUT2D eigenvalue weighted by atomic mass is 16.5. The summed E-state index contributed by atoms with van der Waals surface area (Å²) in [4.78, 5) is 27.8. The maximum atomic E-state index is 12.4. The minimum atomic E-state index is 0.193. The van der Waals surface area contributed by atoms with E-state index in [1.807, 2.05) is 9.80 Å². The van der Waals surface area contributed by atoms with Gasteiger partial charge in [0.25, 0.3) is 0 Å². The largest absolute Gasteiger partial charge is 0.384 e. The number of ether oxygens (including phenoxy) is 1. The number of amides is 2. The molecule has 1 saturated carbocycles. The standard InChI is InChI=1S/C22H32N2O3/c1-17(25)23-12-9-19(10-13-23)15-18-3-5-20(6-4-18)16-24(21-7-8-21)22(26)11-14-27-2/h3-6,19,21H,7-16H2,1-2H3. The van der Waals surface area contributed by atoms with Gasteiger partial charge in [-0.25, -0.2) is 0 Å². The van der Waals surface area contributed by atoms with Crippen LogP contribution >= 0.6 is 0 Å². The molecule has 1 saturated heterocycles. The van der Waals surface area contributed by atoms with Gasteiger partial charge in [0.1, 0.15) is 0 Å². The third kappa shape index (κ3) is 5.80. The second-order valence-electron chi connectivity index (χ2n) is 7.97. The molecule has 5 nitrogen and oxygen atoms in total. The zero-order valence-corrected chi connectivity index (χ0v) is 16.7. The van der Waals surface area contributed by atoms with Crippen LogP contribution in [0.2, 0.25) is 0 Å². The second kappa shape index (κ2) is 9.36. The van der Waals surface area contributed by atoms with Gasteiger partial charge < -0.3 is 14.5 Å². The van der Waals surface area contributed by atoms with Gasteiger partial charge in [-0.15, -0.1) is 0 Å². The Labute approximate surface area is 162 Å². The second-order valence-corrected chi connectivity index (χ2v) is 7.97. The first-order valence-corrected chi connectivity index (χ1v) is 10.2. The first kappa shape index (κ1) is 19.9. The molecule has 0 N–H and O–H groups in total. The van der Waals surface area contributed by atoms with E-state index >= 15 is 0 Å². The molecule has 0 spiro atoms. The van der Waals surface area contributed by atoms with Crippen molar-refractivity contribution in [2.24, 2.45) is 5.92 Å². The van der Waals surface area contributed by atoms with Crippen molar-refractivity contribution < 1.29 is 14.3 Å². The van der Waals surface area contributed by atoms with Gasteiger partial charge in [0.05, 0.1) is 13.0 Å². The molecular formula is C22H32N2O3. The topological polar surface area (TPSA) is 49.9 Å². The van der Waals surface area contributed by atoms with E-state index in [1.54, 1.807) is 14.0 Å². The molecule has 2 fully saturated rings. The van der Waals surface area contributed by atoms with Crippen molar-refractivity contribution in [2.45, 2.75) is 58.0 Å². The van der Waals surface area contributed by atoms with E-state index in [9.17, 15) is 9.59 Å². The first-order chi connectivity index (χ1) is 13.1. The summed E-state index contributed by atoms with van der Waals surface area (Å²) in [6.45, 7) is 4.62. The highest BCUT2D eigenvalue weighted by molar-refractivity contribution is 5.77. The molecule has 0 atom stereocenters. The molecule has 0 unspecified atom stereocenters. The molecule has 1 heterocycles. The fraction of sp³-hybridized carbons (Fsp3) is 0.636. The van der Waals surface area contributed by atoms with Crippen molar-refractivity contribution in [2.75, 3.05) is 26.8 Å². The third-order valence-corrected chi connectivity index (χ3v) is 5.79. The molecular weight excluding hydrogens is 340 g/mol. The van der Waals surface area contributed by atoms with E-state index in [0.29, 0.717) is 31.5 Å². The molecule has 1 aromatic carbocycles. The molecule has 148 valence electrons. The van der Waals surface area contributed by atoms with Crippen molar-refractivity contribution in [1.29, 1.82) is 0 Å². The fourth-order valence-electron chi connectivity index (χ4n) is 3.90. The summed E-state index contributed by atoms with van der Waals surface area (Å²) in [5.41, 5.74) is 2.55. The number of carbonyl (C=O) groups excluding carboxylic acids is 2. The zero-order valence-electron chi connectivity index (χ0n) is 16.7. The number of nitrogens with zero attached hydrogens (tertiary/aromatic N) is 2. The van der Waals surface area contributed by atoms with Crippen LogP contribution in [0.5, 0.6) is 0 Å². The molecule has 0 bridgehead atoms. The number of piperidine rings is 1. The van der Waals surface area contributed by atoms with Gasteiger partial charge in [0.2, 0.25) is 11.8 Å². The summed E-state index contributed by atoms with van der Waals surface area (Å²) >= 11 is 0. The quantitative estimate of drug-likeness (QED) is 0.705. The van der Waals surface area contributed by atoms with Crippen LogP contribution in [0.25, 0.3) is 0 Å². The summed E-state index contributed by atoms with van der Waals surface area (Å²) in [6.07, 6.45) is 5.95. The number of hydrogen-bond donors (Lipinski definition) is 0. The van der Waals surface area contributed by atoms with Crippen LogP contribution in [0.15, 0.2) is 24.3 Å². The van der Waals surface area contributed by atoms with Crippen molar-refractivity contribution in [1.82, 2.24) is 9.80 Å². The summed E-state index contributed by atoms with van der Waals surface area (Å²) < 4.78 is 5.05. The van der Waals surface area contributed by atoms with Crippen molar-refractivity contribution >= 4 is 11.8 Å². The molecule has 1 aromatic rings. The summed E-state index contributed by atoms with van der Waals surface area (Å²) in [7, 11) is 1.64. The predicted octanol–water partition coefficient (Wildman–Crippen LogP) is 3.02. The predicted molar refractivity (Wildman–Crippen MR) is 105 cm³/mol. The van der Waals surface area contributed by atoms with Crippen LogP contribution < -0.4 is 0 Å². The number of carbonyl (C=O) groups is 2. The van der Waals surface area contributed by atoms with Crippen LogP contribution in [0.3, 0.4) is 0 Å². The Morgan fingerprint density at radius 3 is 2.26 bits per heavy atom. The van der Waals surface area contributed by atoms with E-state index in [2.05, 4.69) is 24.3 Å². The number of likely N-dealkylation sites (tertiary alicyclic amines) is 1. The number of benzene rings is 1. The molecule has 1 aliphatic carbocycles. The Morgan fingerprint density at radius 2 is 1.70 bits per heavy atom. The van der Waals surface area contributed by atoms with Gasteiger partial charge >= 0.3 is 0 Å². The maximum absolute atomic E-state index is 12.4. The highest BCUT2D eigenvalue weighted by Gasteiger charge is 2.32. The Hall–Kier alpha value is -1.88. The monoisotopic (exact) mass is 372 g/mol. The summed E-state index contributed by atoms with van der Waals surface area (Å²) in [5, 5.41) is 0. The van der Waals surface area contributed by atoms with E-state index in [-0.39, 0.29) is 11.8 Å². The lowest BCUT2D eigenvalue weighted by atomic mass is 9.90. The minimum Gasteiger partial charge on any atom is -0.384 e. The molecule has 2 aliphatic rings. The highest BCUT2D eigenvalue weighted by Crippen LogP contribution is 2.29. The number of hydrogen-bond acceptors (Lipinski definition) is 3. The molecule has 5 heteroatoms. The van der Waals surface area contributed by atoms with Crippen LogP contribution in [-0.2, 0) is 27.3 Å². The smallest absolute Gasteiger partial charge is 0.225 e. The van der Waals surface area contributed by atoms with E-state index in [0.717, 1.165) is 45.2 Å². The summed E-state index contributed by atoms with van der Waals surface area (Å²) in [5.74, 6) is 1.05. The Kier molecular flexibility index (Phi) is 6.89. The molecule has 27 heavy (non-hydrogen) atoms. The van der Waals surface area contributed by atoms with Gasteiger partial charge in [-0.05, 0) is 49.1 Å². The van der Waals surface area contributed by atoms with Gasteiger partial charge in [-0.1, -0.05) is 24.3 Å². The third-order valence-electron chi connectivity index (χ3n) is 5.79. The lowest BCUT2D eigenvalue weighted by Crippen LogP contribution is -2.37. The van der Waals surface area contributed by atoms with Crippen LogP contribution in [-0.4, -0.2) is 54.5 Å². The van der Waals surface area contributed by atoms with Gasteiger partial charge in [-0.2, -0.15) is 0 Å². The Morgan fingerprint density at radius 1 is 1.07 bits per heavy atom. The lowest BCUT2D eigenvalue weighted by Gasteiger charge is -2.31. The van der Waals surface area contributed by atoms with Crippen LogP contribution in [0.4, 0.5) is 0 Å². The molecule has 0 aromatic heterocycles. The van der Waals surface area contributed by atoms with Gasteiger partial charge in [0, 0.05) is 39.7 Å². The van der Waals surface area contributed by atoms with Crippen molar-refractivity contribution in [3.05, 3.63) is 35.4 Å². The minimum absolute atomic E-state index is 0.193. The van der Waals surface area contributed by atoms with E-state index in [1.165, 1.54) is 11.1 Å². The summed E-state index contributed by atoms with van der Waals surface area (Å²) in [6, 6.07) is 9.16. The fourth-order valence-corrected chi connectivity index (χ4v) is 3.90. The SMILES string of the molecule is COCCC(=O)N(Cc1ccc(CC2CCN(C(C)=O)CC2)cc1)C1CC1. The number of methoxy groups -OCH3 is 1. The van der Waals surface area contributed by atoms with Crippen LogP contribution in [0.1, 0.15) is 50.2 Å². The average molecular weight is 373 g/mol. The molecule has 2 amide bonds. The van der Waals surface area contributed by atoms with Gasteiger partial charge in [0.15, 0.2) is 0 Å². The van der Waals surface area contributed by atoms with E-state index < -0.39 is 0 Å². The normalized spacial score (nSPS) is 17.8. The molecule has 1 aliphatic heterocycles. The molecule has 0 radical (unpaired) electrons. The maximum Gasteiger partial charge on any atom is 0.225 e. The van der Waals surface area contributed by atoms with Gasteiger partial charge in [-0.3, -0.25) is 9.59 Å². The number of rotatable bonds is 8. The average Bonchev–Trinajstić information content (AvgIpc) is 3.51. The van der Waals surface area contributed by atoms with Crippen molar-refractivity contribution in [3.8, 4) is 0 Å². The Balaban J connectivity index is 1.51.